The highest BCUT2D eigenvalue weighted by Crippen LogP contribution is 2.06. The van der Waals surface area contributed by atoms with E-state index in [9.17, 15) is 19.2 Å². The van der Waals surface area contributed by atoms with E-state index in [1.165, 1.54) is 0 Å². The quantitative estimate of drug-likeness (QED) is 0.442. The van der Waals surface area contributed by atoms with Crippen LogP contribution in [0.3, 0.4) is 0 Å². The van der Waals surface area contributed by atoms with Crippen molar-refractivity contribution in [3.8, 4) is 0 Å². The summed E-state index contributed by atoms with van der Waals surface area (Å²) in [6.45, 7) is 0.124. The summed E-state index contributed by atoms with van der Waals surface area (Å²) < 4.78 is 0. The fourth-order valence-corrected chi connectivity index (χ4v) is 1.21. The Kier molecular flexibility index (Phi) is 3.46. The average molecular weight is 217 g/mol. The number of imide groups is 2. The van der Waals surface area contributed by atoms with Crippen molar-refractivity contribution in [1.29, 1.82) is 0 Å². The molecule has 2 aliphatic rings. The maximum Gasteiger partial charge on any atom is 0.321 e. The Morgan fingerprint density at radius 3 is 1.86 bits per heavy atom. The van der Waals surface area contributed by atoms with Crippen LogP contribution in [-0.4, -0.2) is 35.4 Å². The fraction of sp³-hybridized carbons (Fsp3) is 0.333. The van der Waals surface area contributed by atoms with Gasteiger partial charge in [-0.3, -0.25) is 25.0 Å². The molecule has 5 amide bonds. The van der Waals surface area contributed by atoms with E-state index < -0.39 is 6.03 Å². The SMILES string of the molecule is O=C1CNC(=O)N1.O=C1CSC(=O)N1. The summed E-state index contributed by atoms with van der Waals surface area (Å²) in [5.74, 6) is -0.154. The summed E-state index contributed by atoms with van der Waals surface area (Å²) in [6, 6.07) is -0.398. The van der Waals surface area contributed by atoms with Crippen molar-refractivity contribution in [3.63, 3.8) is 0 Å². The van der Waals surface area contributed by atoms with Crippen LogP contribution < -0.4 is 16.0 Å². The number of nitrogens with one attached hydrogen (secondary N) is 3. The average Bonchev–Trinajstić information content (AvgIpc) is 2.63. The maximum absolute atomic E-state index is 10.1. The second kappa shape index (κ2) is 4.61. The molecule has 2 rings (SSSR count). The Morgan fingerprint density at radius 2 is 1.71 bits per heavy atom. The fourth-order valence-electron chi connectivity index (χ4n) is 0.693. The number of thioether (sulfide) groups is 1. The second-order valence-corrected chi connectivity index (χ2v) is 3.30. The Hall–Kier alpha value is -1.57. The van der Waals surface area contributed by atoms with E-state index in [0.29, 0.717) is 5.75 Å². The number of rotatable bonds is 0. The third-order valence-electron chi connectivity index (χ3n) is 1.24. The van der Waals surface area contributed by atoms with Gasteiger partial charge in [0.25, 0.3) is 5.24 Å². The molecule has 0 unspecified atom stereocenters. The molecule has 0 saturated carbocycles. The van der Waals surface area contributed by atoms with Crippen molar-refractivity contribution in [2.24, 2.45) is 0 Å². The van der Waals surface area contributed by atoms with Crippen LogP contribution in [0.5, 0.6) is 0 Å². The van der Waals surface area contributed by atoms with Gasteiger partial charge in [-0.15, -0.1) is 0 Å². The highest BCUT2D eigenvalue weighted by Gasteiger charge is 2.16. The Morgan fingerprint density at radius 1 is 1.00 bits per heavy atom. The van der Waals surface area contributed by atoms with Gasteiger partial charge in [0.05, 0.1) is 12.3 Å². The normalized spacial score (nSPS) is 19.4. The largest absolute Gasteiger partial charge is 0.329 e. The van der Waals surface area contributed by atoms with Crippen molar-refractivity contribution in [2.75, 3.05) is 12.3 Å². The molecular formula is C6H7N3O4S. The molecule has 0 aromatic heterocycles. The third kappa shape index (κ3) is 3.44. The van der Waals surface area contributed by atoms with E-state index in [0.717, 1.165) is 11.8 Å². The lowest BCUT2D eigenvalue weighted by Gasteiger charge is -1.78. The molecule has 8 heteroatoms. The first-order valence-electron chi connectivity index (χ1n) is 3.62. The van der Waals surface area contributed by atoms with E-state index in [1.807, 2.05) is 5.32 Å². The lowest BCUT2D eigenvalue weighted by atomic mass is 10.7. The molecule has 2 saturated heterocycles. The van der Waals surface area contributed by atoms with Crippen LogP contribution in [0.15, 0.2) is 0 Å². The molecule has 0 atom stereocenters. The van der Waals surface area contributed by atoms with Gasteiger partial charge in [-0.2, -0.15) is 0 Å². The number of carbonyl (C=O) groups excluding carboxylic acids is 4. The van der Waals surface area contributed by atoms with E-state index >= 15 is 0 Å². The summed E-state index contributed by atoms with van der Waals surface area (Å²) in [6.07, 6.45) is 0. The molecule has 0 aliphatic carbocycles. The molecule has 0 spiro atoms. The van der Waals surface area contributed by atoms with Crippen molar-refractivity contribution >= 4 is 34.8 Å². The van der Waals surface area contributed by atoms with Gasteiger partial charge in [-0.05, 0) is 0 Å². The highest BCUT2D eigenvalue weighted by atomic mass is 32.2. The van der Waals surface area contributed by atoms with Crippen molar-refractivity contribution in [1.82, 2.24) is 16.0 Å². The predicted molar refractivity (Wildman–Crippen MR) is 47.5 cm³/mol. The minimum atomic E-state index is -0.398. The number of hydrogen-bond donors (Lipinski definition) is 3. The van der Waals surface area contributed by atoms with Gasteiger partial charge >= 0.3 is 6.03 Å². The summed E-state index contributed by atoms with van der Waals surface area (Å²) in [5.41, 5.74) is 0. The van der Waals surface area contributed by atoms with E-state index in [4.69, 9.17) is 0 Å². The molecule has 0 aromatic carbocycles. The number of amides is 5. The summed E-state index contributed by atoms with van der Waals surface area (Å²) >= 11 is 1.01. The van der Waals surface area contributed by atoms with Gasteiger partial charge in [0, 0.05) is 0 Å². The van der Waals surface area contributed by atoms with Crippen LogP contribution >= 0.6 is 11.8 Å². The van der Waals surface area contributed by atoms with Crippen LogP contribution in [0.4, 0.5) is 9.59 Å². The highest BCUT2D eigenvalue weighted by molar-refractivity contribution is 8.14. The lowest BCUT2D eigenvalue weighted by Crippen LogP contribution is -2.22. The van der Waals surface area contributed by atoms with Gasteiger partial charge in [-0.1, -0.05) is 11.8 Å². The minimum absolute atomic E-state index is 0.124. The first-order valence-corrected chi connectivity index (χ1v) is 4.61. The third-order valence-corrected chi connectivity index (χ3v) is 2.01. The molecule has 76 valence electrons. The van der Waals surface area contributed by atoms with Gasteiger partial charge in [0.15, 0.2) is 0 Å². The molecular weight excluding hydrogens is 210 g/mol. The monoisotopic (exact) mass is 217 g/mol. The van der Waals surface area contributed by atoms with E-state index in [1.54, 1.807) is 0 Å². The van der Waals surface area contributed by atoms with Crippen molar-refractivity contribution < 1.29 is 19.2 Å². The molecule has 0 bridgehead atoms. The van der Waals surface area contributed by atoms with Crippen molar-refractivity contribution in [2.45, 2.75) is 0 Å². The van der Waals surface area contributed by atoms with Crippen LogP contribution in [0, 0.1) is 0 Å². The van der Waals surface area contributed by atoms with E-state index in [-0.39, 0.29) is 23.6 Å². The molecule has 7 nitrogen and oxygen atoms in total. The first-order chi connectivity index (χ1) is 6.58. The van der Waals surface area contributed by atoms with Gasteiger partial charge in [0.2, 0.25) is 11.8 Å². The smallest absolute Gasteiger partial charge is 0.321 e. The minimum Gasteiger partial charge on any atom is -0.329 e. The predicted octanol–water partition coefficient (Wildman–Crippen LogP) is -1.20. The van der Waals surface area contributed by atoms with Gasteiger partial charge in [0.1, 0.15) is 0 Å². The first kappa shape index (κ1) is 10.5. The zero-order valence-electron chi connectivity index (χ0n) is 6.96. The van der Waals surface area contributed by atoms with Gasteiger partial charge in [-0.25, -0.2) is 4.79 Å². The lowest BCUT2D eigenvalue weighted by molar-refractivity contribution is -0.118. The number of hydrogen-bond acceptors (Lipinski definition) is 5. The molecule has 3 N–H and O–H groups in total. The summed E-state index contributed by atoms with van der Waals surface area (Å²) in [5, 5.41) is 6.17. The van der Waals surface area contributed by atoms with Crippen LogP contribution in [0.25, 0.3) is 0 Å². The van der Waals surface area contributed by atoms with Crippen LogP contribution in [-0.2, 0) is 9.59 Å². The van der Waals surface area contributed by atoms with Crippen LogP contribution in [0.1, 0.15) is 0 Å². The standard InChI is InChI=1S/C3H4N2O2.C3H3NO2S/c6-2-1-4-3(7)5-2;5-2-1-7-3(6)4-2/h1H2,(H2,4,5,6,7);1H2,(H,4,5,6). The summed E-state index contributed by atoms with van der Waals surface area (Å²) in [4.78, 5) is 40.3. The maximum atomic E-state index is 10.1. The second-order valence-electron chi connectivity index (χ2n) is 2.36. The number of urea groups is 1. The Bertz CT molecular complexity index is 245. The Labute approximate surface area is 83.0 Å². The summed E-state index contributed by atoms with van der Waals surface area (Å²) in [7, 11) is 0. The molecule has 14 heavy (non-hydrogen) atoms. The zero-order valence-corrected chi connectivity index (χ0v) is 7.77. The topological polar surface area (TPSA) is 104 Å². The molecule has 2 aliphatic heterocycles. The van der Waals surface area contributed by atoms with Gasteiger partial charge < -0.3 is 5.32 Å². The molecule has 0 aromatic rings. The molecule has 2 heterocycles. The van der Waals surface area contributed by atoms with Crippen molar-refractivity contribution in [3.05, 3.63) is 0 Å². The van der Waals surface area contributed by atoms with E-state index in [2.05, 4.69) is 10.6 Å². The zero-order chi connectivity index (χ0) is 10.6. The molecule has 0 radical (unpaired) electrons. The van der Waals surface area contributed by atoms with Crippen LogP contribution in [0.2, 0.25) is 0 Å². The Balaban J connectivity index is 0.000000140. The number of carbonyl (C=O) groups is 4. The molecule has 2 fully saturated rings.